The molecule has 144 valence electrons. The quantitative estimate of drug-likeness (QED) is 0.513. The van der Waals surface area contributed by atoms with Gasteiger partial charge >= 0.3 is 6.36 Å². The summed E-state index contributed by atoms with van der Waals surface area (Å²) in [4.78, 5) is 11.8. The molecule has 7 nitrogen and oxygen atoms in total. The van der Waals surface area contributed by atoms with Crippen LogP contribution in [0.25, 0.3) is 0 Å². The Morgan fingerprint density at radius 2 is 1.88 bits per heavy atom. The first-order chi connectivity index (χ1) is 12.0. The average molecular weight is 411 g/mol. The van der Waals surface area contributed by atoms with E-state index in [0.717, 1.165) is 12.1 Å². The van der Waals surface area contributed by atoms with E-state index < -0.39 is 22.1 Å². The van der Waals surface area contributed by atoms with Crippen LogP contribution in [0.4, 0.5) is 18.9 Å². The van der Waals surface area contributed by atoms with Crippen molar-refractivity contribution in [2.24, 2.45) is 5.92 Å². The molecule has 0 saturated carbocycles. The average Bonchev–Trinajstić information content (AvgIpc) is 2.84. The molecule has 1 aliphatic rings. The van der Waals surface area contributed by atoms with Crippen LogP contribution in [0.5, 0.6) is 5.75 Å². The van der Waals surface area contributed by atoms with Crippen molar-refractivity contribution >= 4 is 38.8 Å². The Bertz CT molecular complexity index is 767. The molecule has 0 radical (unpaired) electrons. The highest BCUT2D eigenvalue weighted by molar-refractivity contribution is 7.91. The maximum Gasteiger partial charge on any atom is 0.573 e. The number of hydrazine groups is 1. The van der Waals surface area contributed by atoms with Gasteiger partial charge in [-0.2, -0.15) is 0 Å². The van der Waals surface area contributed by atoms with Crippen molar-refractivity contribution < 1.29 is 31.1 Å². The lowest BCUT2D eigenvalue weighted by Crippen LogP contribution is -2.44. The lowest BCUT2D eigenvalue weighted by molar-refractivity contribution is -0.274. The smallest absolute Gasteiger partial charge is 0.406 e. The van der Waals surface area contributed by atoms with E-state index in [0.29, 0.717) is 12.1 Å². The van der Waals surface area contributed by atoms with E-state index in [-0.39, 0.29) is 34.7 Å². The van der Waals surface area contributed by atoms with Crippen LogP contribution in [0, 0.1) is 5.92 Å². The molecule has 1 saturated heterocycles. The molecule has 1 amide bonds. The molecule has 1 aromatic carbocycles. The van der Waals surface area contributed by atoms with Crippen molar-refractivity contribution in [3.05, 3.63) is 24.3 Å². The van der Waals surface area contributed by atoms with Crippen molar-refractivity contribution in [3.8, 4) is 5.75 Å². The molecule has 1 aliphatic heterocycles. The maximum absolute atomic E-state index is 12.1. The fourth-order valence-electron chi connectivity index (χ4n) is 2.37. The van der Waals surface area contributed by atoms with Gasteiger partial charge in [-0.25, -0.2) is 8.42 Å². The molecule has 3 N–H and O–H groups in total. The molecule has 0 spiro atoms. The van der Waals surface area contributed by atoms with E-state index in [4.69, 9.17) is 12.2 Å². The number of sulfone groups is 1. The predicted octanol–water partition coefficient (Wildman–Crippen LogP) is 1.73. The zero-order valence-corrected chi connectivity index (χ0v) is 14.9. The minimum atomic E-state index is -4.77. The first kappa shape index (κ1) is 20.2. The van der Waals surface area contributed by atoms with Gasteiger partial charge in [0.05, 0.1) is 11.5 Å². The Kier molecular flexibility index (Phi) is 6.29. The molecule has 26 heavy (non-hydrogen) atoms. The second-order valence-corrected chi connectivity index (χ2v) is 8.31. The number of rotatable bonds is 4. The second-order valence-electron chi connectivity index (χ2n) is 5.67. The van der Waals surface area contributed by atoms with Gasteiger partial charge in [0, 0.05) is 12.1 Å². The number of alkyl halides is 3. The first-order valence-electron chi connectivity index (χ1n) is 7.44. The molecule has 1 heterocycles. The normalized spacial score (nSPS) is 18.8. The van der Waals surface area contributed by atoms with Gasteiger partial charge in [-0.15, -0.1) is 13.2 Å². The van der Waals surface area contributed by atoms with Crippen LogP contribution >= 0.6 is 12.2 Å². The number of benzene rings is 1. The van der Waals surface area contributed by atoms with Crippen LogP contribution in [0.2, 0.25) is 0 Å². The van der Waals surface area contributed by atoms with Crippen LogP contribution < -0.4 is 20.9 Å². The molecule has 1 atom stereocenters. The lowest BCUT2D eigenvalue weighted by Gasteiger charge is -2.13. The third kappa shape index (κ3) is 7.04. The second kappa shape index (κ2) is 8.08. The van der Waals surface area contributed by atoms with E-state index >= 15 is 0 Å². The number of thiocarbonyl (C=S) groups is 1. The summed E-state index contributed by atoms with van der Waals surface area (Å²) in [6, 6.07) is 4.86. The Labute approximate surface area is 153 Å². The van der Waals surface area contributed by atoms with Crippen LogP contribution in [-0.2, 0) is 14.6 Å². The largest absolute Gasteiger partial charge is 0.573 e. The topological polar surface area (TPSA) is 96.5 Å². The summed E-state index contributed by atoms with van der Waals surface area (Å²) < 4.78 is 62.7. The van der Waals surface area contributed by atoms with Crippen molar-refractivity contribution in [2.45, 2.75) is 19.2 Å². The summed E-state index contributed by atoms with van der Waals surface area (Å²) >= 11 is 4.95. The number of anilines is 1. The molecule has 1 fully saturated rings. The van der Waals surface area contributed by atoms with E-state index in [1.54, 1.807) is 0 Å². The third-order valence-corrected chi connectivity index (χ3v) is 5.50. The number of halogens is 3. The highest BCUT2D eigenvalue weighted by Crippen LogP contribution is 2.24. The van der Waals surface area contributed by atoms with Gasteiger partial charge in [-0.05, 0) is 48.8 Å². The first-order valence-corrected chi connectivity index (χ1v) is 9.67. The van der Waals surface area contributed by atoms with E-state index in [1.807, 2.05) is 0 Å². The molecule has 12 heteroatoms. The monoisotopic (exact) mass is 411 g/mol. The molecule has 0 unspecified atom stereocenters. The highest BCUT2D eigenvalue weighted by atomic mass is 32.2. The van der Waals surface area contributed by atoms with E-state index in [9.17, 15) is 26.4 Å². The SMILES string of the molecule is O=C(C[C@H]1CCS(=O)(=O)C1)NNC(=S)Nc1ccc(OC(F)(F)F)cc1. The summed E-state index contributed by atoms with van der Waals surface area (Å²) in [6.07, 6.45) is -4.27. The number of nitrogens with one attached hydrogen (secondary N) is 3. The van der Waals surface area contributed by atoms with Crippen LogP contribution in [0.15, 0.2) is 24.3 Å². The number of amides is 1. The highest BCUT2D eigenvalue weighted by Gasteiger charge is 2.31. The van der Waals surface area contributed by atoms with Crippen molar-refractivity contribution in [1.29, 1.82) is 0 Å². The predicted molar refractivity (Wildman–Crippen MR) is 92.0 cm³/mol. The van der Waals surface area contributed by atoms with E-state index in [1.165, 1.54) is 12.1 Å². The molecule has 0 aromatic heterocycles. The van der Waals surface area contributed by atoms with Gasteiger partial charge in [-0.3, -0.25) is 15.6 Å². The van der Waals surface area contributed by atoms with E-state index in [2.05, 4.69) is 20.9 Å². The summed E-state index contributed by atoms with van der Waals surface area (Å²) in [5.41, 5.74) is 5.16. The van der Waals surface area contributed by atoms with Crippen molar-refractivity contribution in [1.82, 2.24) is 10.9 Å². The van der Waals surface area contributed by atoms with Gasteiger partial charge in [-0.1, -0.05) is 0 Å². The number of carbonyl (C=O) groups excluding carboxylic acids is 1. The summed E-state index contributed by atoms with van der Waals surface area (Å²) in [7, 11) is -3.05. The number of hydrogen-bond acceptors (Lipinski definition) is 5. The van der Waals surface area contributed by atoms with Crippen LogP contribution in [0.1, 0.15) is 12.8 Å². The molecule has 0 aliphatic carbocycles. The van der Waals surface area contributed by atoms with Gasteiger partial charge in [0.25, 0.3) is 0 Å². The molecule has 2 rings (SSSR count). The molecular formula is C14H16F3N3O4S2. The third-order valence-electron chi connectivity index (χ3n) is 3.46. The summed E-state index contributed by atoms with van der Waals surface area (Å²) in [6.45, 7) is 0. The number of carbonyl (C=O) groups is 1. The lowest BCUT2D eigenvalue weighted by atomic mass is 10.1. The molecular weight excluding hydrogens is 395 g/mol. The van der Waals surface area contributed by atoms with Crippen LogP contribution in [0.3, 0.4) is 0 Å². The zero-order chi connectivity index (χ0) is 19.4. The Morgan fingerprint density at radius 3 is 2.42 bits per heavy atom. The minimum Gasteiger partial charge on any atom is -0.406 e. The fourth-order valence-corrected chi connectivity index (χ4v) is 4.41. The summed E-state index contributed by atoms with van der Waals surface area (Å²) in [5, 5.41) is 2.68. The van der Waals surface area contributed by atoms with Crippen molar-refractivity contribution in [3.63, 3.8) is 0 Å². The minimum absolute atomic E-state index is 0.00450. The van der Waals surface area contributed by atoms with Gasteiger partial charge < -0.3 is 10.1 Å². The van der Waals surface area contributed by atoms with Crippen molar-refractivity contribution in [2.75, 3.05) is 16.8 Å². The van der Waals surface area contributed by atoms with Crippen LogP contribution in [-0.4, -0.2) is 37.3 Å². The molecule has 1 aromatic rings. The Morgan fingerprint density at radius 1 is 1.23 bits per heavy atom. The molecule has 0 bridgehead atoms. The summed E-state index contributed by atoms with van der Waals surface area (Å²) in [5.74, 6) is -0.918. The number of hydrogen-bond donors (Lipinski definition) is 3. The fraction of sp³-hybridized carbons (Fsp3) is 0.429. The Hall–Kier alpha value is -2.08. The van der Waals surface area contributed by atoms with Gasteiger partial charge in [0.1, 0.15) is 5.75 Å². The Balaban J connectivity index is 1.74. The van der Waals surface area contributed by atoms with Gasteiger partial charge in [0.2, 0.25) is 5.91 Å². The number of ether oxygens (including phenoxy) is 1. The standard InChI is InChI=1S/C14H16F3N3O4S2/c15-14(16,17)24-11-3-1-10(2-4-11)18-13(25)20-19-12(21)7-9-5-6-26(22,23)8-9/h1-4,9H,5-8H2,(H,19,21)(H2,18,20,25)/t9-/m1/s1. The van der Waals surface area contributed by atoms with Gasteiger partial charge in [0.15, 0.2) is 14.9 Å². The zero-order valence-electron chi connectivity index (χ0n) is 13.3. The maximum atomic E-state index is 12.1.